The van der Waals surface area contributed by atoms with Crippen molar-refractivity contribution in [1.82, 2.24) is 5.32 Å². The number of nitrogens with one attached hydrogen (secondary N) is 1. The number of morpholine rings is 1. The van der Waals surface area contributed by atoms with Crippen molar-refractivity contribution in [3.8, 4) is 0 Å². The molecule has 1 aromatic rings. The Balaban J connectivity index is 2.25. The van der Waals surface area contributed by atoms with Crippen LogP contribution in [0.4, 0.5) is 5.69 Å². The Morgan fingerprint density at radius 3 is 3.11 bits per heavy atom. The average molecular weight is 329 g/mol. The van der Waals surface area contributed by atoms with Gasteiger partial charge in [0.25, 0.3) is 0 Å². The standard InChI is InChI=1S/C14H21BrN2O2/c1-2-16-8-11-7-12(15)3-4-14(11)17-5-6-19-10-13(17)9-18/h3-4,7,13,16,18H,2,5-6,8-10H2,1H3. The first kappa shape index (κ1) is 14.8. The Bertz CT molecular complexity index is 414. The van der Waals surface area contributed by atoms with E-state index in [-0.39, 0.29) is 12.6 Å². The van der Waals surface area contributed by atoms with Crippen LogP contribution < -0.4 is 10.2 Å². The number of aliphatic hydroxyl groups is 1. The highest BCUT2D eigenvalue weighted by Gasteiger charge is 2.24. The monoisotopic (exact) mass is 328 g/mol. The molecule has 0 aliphatic carbocycles. The van der Waals surface area contributed by atoms with Gasteiger partial charge < -0.3 is 20.1 Å². The van der Waals surface area contributed by atoms with E-state index in [1.807, 2.05) is 0 Å². The van der Waals surface area contributed by atoms with Crippen LogP contribution in [-0.4, -0.2) is 44.1 Å². The largest absolute Gasteiger partial charge is 0.394 e. The van der Waals surface area contributed by atoms with E-state index in [0.29, 0.717) is 13.2 Å². The highest BCUT2D eigenvalue weighted by Crippen LogP contribution is 2.27. The Kier molecular flexibility index (Phi) is 5.63. The van der Waals surface area contributed by atoms with Gasteiger partial charge in [-0.2, -0.15) is 0 Å². The third-order valence-corrected chi connectivity index (χ3v) is 3.85. The first-order valence-corrected chi connectivity index (χ1v) is 7.50. The Hall–Kier alpha value is -0.620. The zero-order valence-corrected chi connectivity index (χ0v) is 12.8. The van der Waals surface area contributed by atoms with Crippen molar-refractivity contribution in [1.29, 1.82) is 0 Å². The summed E-state index contributed by atoms with van der Waals surface area (Å²) in [4.78, 5) is 2.25. The number of hydrogen-bond donors (Lipinski definition) is 2. The SMILES string of the molecule is CCNCc1cc(Br)ccc1N1CCOCC1CO. The lowest BCUT2D eigenvalue weighted by Crippen LogP contribution is -2.48. The van der Waals surface area contributed by atoms with Crippen LogP contribution in [0.25, 0.3) is 0 Å². The Labute approximate surface area is 122 Å². The van der Waals surface area contributed by atoms with Gasteiger partial charge in [0.1, 0.15) is 0 Å². The quantitative estimate of drug-likeness (QED) is 0.864. The molecule has 1 saturated heterocycles. The maximum atomic E-state index is 9.50. The van der Waals surface area contributed by atoms with Crippen LogP contribution in [-0.2, 0) is 11.3 Å². The van der Waals surface area contributed by atoms with Crippen LogP contribution in [0.5, 0.6) is 0 Å². The third-order valence-electron chi connectivity index (χ3n) is 3.35. The van der Waals surface area contributed by atoms with Gasteiger partial charge in [-0.3, -0.25) is 0 Å². The maximum Gasteiger partial charge on any atom is 0.0755 e. The Morgan fingerprint density at radius 2 is 2.37 bits per heavy atom. The highest BCUT2D eigenvalue weighted by molar-refractivity contribution is 9.10. The van der Waals surface area contributed by atoms with E-state index in [1.54, 1.807) is 0 Å². The molecule has 2 rings (SSSR count). The van der Waals surface area contributed by atoms with Gasteiger partial charge in [-0.05, 0) is 30.3 Å². The van der Waals surface area contributed by atoms with E-state index >= 15 is 0 Å². The van der Waals surface area contributed by atoms with Crippen molar-refractivity contribution < 1.29 is 9.84 Å². The molecule has 1 aliphatic rings. The number of nitrogens with zero attached hydrogens (tertiary/aromatic N) is 1. The van der Waals surface area contributed by atoms with Crippen molar-refractivity contribution in [2.45, 2.75) is 19.5 Å². The second-order valence-corrected chi connectivity index (χ2v) is 5.57. The fraction of sp³-hybridized carbons (Fsp3) is 0.571. The summed E-state index contributed by atoms with van der Waals surface area (Å²) < 4.78 is 6.52. The van der Waals surface area contributed by atoms with Crippen molar-refractivity contribution in [2.24, 2.45) is 0 Å². The number of anilines is 1. The number of halogens is 1. The van der Waals surface area contributed by atoms with Crippen LogP contribution in [0, 0.1) is 0 Å². The minimum atomic E-state index is 0.0512. The molecule has 0 amide bonds. The molecule has 0 radical (unpaired) electrons. The van der Waals surface area contributed by atoms with E-state index in [4.69, 9.17) is 4.74 Å². The lowest BCUT2D eigenvalue weighted by Gasteiger charge is -2.37. The van der Waals surface area contributed by atoms with Gasteiger partial charge in [0.2, 0.25) is 0 Å². The van der Waals surface area contributed by atoms with Crippen LogP contribution >= 0.6 is 15.9 Å². The van der Waals surface area contributed by atoms with Gasteiger partial charge in [-0.25, -0.2) is 0 Å². The lowest BCUT2D eigenvalue weighted by atomic mass is 10.1. The number of benzene rings is 1. The summed E-state index contributed by atoms with van der Waals surface area (Å²) in [6, 6.07) is 6.36. The molecule has 0 spiro atoms. The summed E-state index contributed by atoms with van der Waals surface area (Å²) in [5, 5.41) is 12.9. The normalized spacial score (nSPS) is 19.7. The van der Waals surface area contributed by atoms with Crippen molar-refractivity contribution >= 4 is 21.6 Å². The zero-order valence-electron chi connectivity index (χ0n) is 11.2. The molecule has 1 aromatic carbocycles. The molecule has 0 saturated carbocycles. The van der Waals surface area contributed by atoms with Gasteiger partial charge in [0.15, 0.2) is 0 Å². The zero-order chi connectivity index (χ0) is 13.7. The third kappa shape index (κ3) is 3.69. The fourth-order valence-corrected chi connectivity index (χ4v) is 2.77. The van der Waals surface area contributed by atoms with Gasteiger partial charge in [0.05, 0.1) is 25.9 Å². The summed E-state index contributed by atoms with van der Waals surface area (Å²) in [6.07, 6.45) is 0. The van der Waals surface area contributed by atoms with E-state index < -0.39 is 0 Å². The van der Waals surface area contributed by atoms with Gasteiger partial charge in [-0.1, -0.05) is 22.9 Å². The minimum Gasteiger partial charge on any atom is -0.394 e. The summed E-state index contributed by atoms with van der Waals surface area (Å²) in [7, 11) is 0. The first-order chi connectivity index (χ1) is 9.26. The molecule has 1 unspecified atom stereocenters. The molecular formula is C14H21BrN2O2. The number of aliphatic hydroxyl groups excluding tert-OH is 1. The van der Waals surface area contributed by atoms with Crippen molar-refractivity contribution in [3.05, 3.63) is 28.2 Å². The Morgan fingerprint density at radius 1 is 1.53 bits per heavy atom. The van der Waals surface area contributed by atoms with Gasteiger partial charge in [-0.15, -0.1) is 0 Å². The molecule has 106 valence electrons. The molecule has 0 bridgehead atoms. The molecule has 1 fully saturated rings. The fourth-order valence-electron chi connectivity index (χ4n) is 2.36. The molecule has 1 atom stereocenters. The van der Waals surface area contributed by atoms with Crippen molar-refractivity contribution in [2.75, 3.05) is 37.8 Å². The van der Waals surface area contributed by atoms with E-state index in [1.165, 1.54) is 11.3 Å². The molecule has 0 aromatic heterocycles. The first-order valence-electron chi connectivity index (χ1n) is 6.70. The predicted octanol–water partition coefficient (Wildman–Crippen LogP) is 1.76. The molecule has 4 nitrogen and oxygen atoms in total. The molecule has 2 N–H and O–H groups in total. The predicted molar refractivity (Wildman–Crippen MR) is 80.6 cm³/mol. The van der Waals surface area contributed by atoms with E-state index in [2.05, 4.69) is 51.3 Å². The average Bonchev–Trinajstić information content (AvgIpc) is 2.45. The number of rotatable bonds is 5. The van der Waals surface area contributed by atoms with Crippen LogP contribution in [0.15, 0.2) is 22.7 Å². The van der Waals surface area contributed by atoms with Crippen LogP contribution in [0.2, 0.25) is 0 Å². The van der Waals surface area contributed by atoms with Gasteiger partial charge >= 0.3 is 0 Å². The number of hydrogen-bond acceptors (Lipinski definition) is 4. The topological polar surface area (TPSA) is 44.7 Å². The summed E-state index contributed by atoms with van der Waals surface area (Å²) in [5.41, 5.74) is 2.43. The molecule has 19 heavy (non-hydrogen) atoms. The van der Waals surface area contributed by atoms with Crippen LogP contribution in [0.1, 0.15) is 12.5 Å². The molecule has 5 heteroatoms. The summed E-state index contributed by atoms with van der Waals surface area (Å²) in [6.45, 7) is 6.13. The van der Waals surface area contributed by atoms with Crippen molar-refractivity contribution in [3.63, 3.8) is 0 Å². The second kappa shape index (κ2) is 7.24. The second-order valence-electron chi connectivity index (χ2n) is 4.66. The van der Waals surface area contributed by atoms with Crippen LogP contribution in [0.3, 0.4) is 0 Å². The highest BCUT2D eigenvalue weighted by atomic mass is 79.9. The summed E-state index contributed by atoms with van der Waals surface area (Å²) >= 11 is 3.52. The molecule has 1 heterocycles. The maximum absolute atomic E-state index is 9.50. The van der Waals surface area contributed by atoms with Gasteiger partial charge in [0, 0.05) is 23.2 Å². The smallest absolute Gasteiger partial charge is 0.0755 e. The molecule has 1 aliphatic heterocycles. The number of ether oxygens (including phenoxy) is 1. The minimum absolute atomic E-state index is 0.0512. The van der Waals surface area contributed by atoms with E-state index in [9.17, 15) is 5.11 Å². The van der Waals surface area contributed by atoms with E-state index in [0.717, 1.165) is 24.1 Å². The summed E-state index contributed by atoms with van der Waals surface area (Å²) in [5.74, 6) is 0. The molecular weight excluding hydrogens is 308 g/mol. The lowest BCUT2D eigenvalue weighted by molar-refractivity contribution is 0.0726.